The normalized spacial score (nSPS) is 27.9. The number of para-hydroxylation sites is 1. The van der Waals surface area contributed by atoms with E-state index in [2.05, 4.69) is 10.6 Å². The minimum atomic E-state index is -1.17. The molecule has 43 heavy (non-hydrogen) atoms. The molecule has 5 atom stereocenters. The molecule has 228 valence electrons. The van der Waals surface area contributed by atoms with Crippen LogP contribution in [0.5, 0.6) is 11.5 Å². The number of carbonyl (C=O) groups is 3. The molecule has 4 aliphatic rings. The van der Waals surface area contributed by atoms with Gasteiger partial charge in [-0.2, -0.15) is 0 Å². The molecule has 2 aromatic carbocycles. The van der Waals surface area contributed by atoms with Gasteiger partial charge in [0, 0.05) is 24.9 Å². The lowest BCUT2D eigenvalue weighted by atomic mass is 9.74. The van der Waals surface area contributed by atoms with Crippen LogP contribution in [0.2, 0.25) is 0 Å². The van der Waals surface area contributed by atoms with E-state index in [1.54, 1.807) is 29.2 Å². The van der Waals surface area contributed by atoms with E-state index in [4.69, 9.17) is 14.2 Å². The zero-order valence-corrected chi connectivity index (χ0v) is 24.9. The summed E-state index contributed by atoms with van der Waals surface area (Å²) in [5.74, 6) is -0.889. The number of amides is 3. The summed E-state index contributed by atoms with van der Waals surface area (Å²) in [5, 5.41) is 6.21. The van der Waals surface area contributed by atoms with Crippen LogP contribution in [0.3, 0.4) is 0 Å². The summed E-state index contributed by atoms with van der Waals surface area (Å²) in [7, 11) is 0. The zero-order valence-electron chi connectivity index (χ0n) is 24.9. The van der Waals surface area contributed by atoms with E-state index >= 15 is 0 Å². The fourth-order valence-electron chi connectivity index (χ4n) is 7.05. The van der Waals surface area contributed by atoms with Crippen molar-refractivity contribution in [3.05, 3.63) is 66.7 Å². The van der Waals surface area contributed by atoms with Crippen molar-refractivity contribution < 1.29 is 28.6 Å². The Bertz CT molecular complexity index is 1340. The Morgan fingerprint density at radius 3 is 2.44 bits per heavy atom. The zero-order chi connectivity index (χ0) is 30.0. The van der Waals surface area contributed by atoms with Crippen molar-refractivity contribution in [3.63, 3.8) is 0 Å². The second-order valence-corrected chi connectivity index (χ2v) is 12.3. The topological polar surface area (TPSA) is 106 Å². The number of anilines is 1. The maximum absolute atomic E-state index is 14.1. The highest BCUT2D eigenvalue weighted by molar-refractivity contribution is 6.02. The molecule has 2 N–H and O–H groups in total. The van der Waals surface area contributed by atoms with Gasteiger partial charge in [-0.1, -0.05) is 49.6 Å². The summed E-state index contributed by atoms with van der Waals surface area (Å²) >= 11 is 0. The summed E-state index contributed by atoms with van der Waals surface area (Å²) < 4.78 is 18.0. The maximum Gasteiger partial charge on any atom is 0.246 e. The van der Waals surface area contributed by atoms with E-state index in [0.29, 0.717) is 31.0 Å². The number of ether oxygens (including phenoxy) is 3. The average molecular weight is 588 g/mol. The lowest BCUT2D eigenvalue weighted by Gasteiger charge is -2.34. The molecule has 0 unspecified atom stereocenters. The third-order valence-electron chi connectivity index (χ3n) is 8.97. The largest absolute Gasteiger partial charge is 0.457 e. The van der Waals surface area contributed by atoms with Gasteiger partial charge < -0.3 is 29.7 Å². The first kappa shape index (κ1) is 29.4. The number of fused-ring (bicyclic) bond motifs is 1. The van der Waals surface area contributed by atoms with Crippen LogP contribution in [0.1, 0.15) is 52.4 Å². The molecular weight excluding hydrogens is 546 g/mol. The SMILES string of the molecule is CC(C)OCCCN1C(=O)[C@@H]2[C@H](C(=O)Nc3ccc(Oc4ccccc4)cc3)[C@@H]3C=C[C@@]2(O3)[C@@H]1C(=O)NC1CCCCC1. The molecule has 3 fully saturated rings. The molecule has 1 spiro atoms. The van der Waals surface area contributed by atoms with Gasteiger partial charge in [0.1, 0.15) is 23.1 Å². The monoisotopic (exact) mass is 587 g/mol. The lowest BCUT2D eigenvalue weighted by molar-refractivity contribution is -0.141. The van der Waals surface area contributed by atoms with Crippen LogP contribution in [0.25, 0.3) is 0 Å². The molecule has 3 heterocycles. The summed E-state index contributed by atoms with van der Waals surface area (Å²) in [4.78, 5) is 43.4. The van der Waals surface area contributed by atoms with Gasteiger partial charge in [-0.25, -0.2) is 0 Å². The van der Waals surface area contributed by atoms with Crippen molar-refractivity contribution in [1.82, 2.24) is 10.2 Å². The predicted octanol–water partition coefficient (Wildman–Crippen LogP) is 4.83. The number of nitrogens with one attached hydrogen (secondary N) is 2. The van der Waals surface area contributed by atoms with E-state index in [0.717, 1.165) is 31.4 Å². The second-order valence-electron chi connectivity index (χ2n) is 12.3. The summed E-state index contributed by atoms with van der Waals surface area (Å²) in [6, 6.07) is 15.8. The Hall–Kier alpha value is -3.69. The molecule has 2 aromatic rings. The third kappa shape index (κ3) is 5.93. The van der Waals surface area contributed by atoms with Crippen molar-refractivity contribution in [3.8, 4) is 11.5 Å². The average Bonchev–Trinajstić information content (AvgIpc) is 3.64. The molecule has 9 heteroatoms. The number of carbonyl (C=O) groups excluding carboxylic acids is 3. The number of nitrogens with zero attached hydrogens (tertiary/aromatic N) is 1. The maximum atomic E-state index is 14.1. The second kappa shape index (κ2) is 12.5. The Balaban J connectivity index is 1.19. The van der Waals surface area contributed by atoms with E-state index in [-0.39, 0.29) is 29.9 Å². The van der Waals surface area contributed by atoms with Crippen molar-refractivity contribution in [2.75, 3.05) is 18.5 Å². The fraction of sp³-hybridized carbons (Fsp3) is 0.500. The highest BCUT2D eigenvalue weighted by Crippen LogP contribution is 2.55. The summed E-state index contributed by atoms with van der Waals surface area (Å²) in [5.41, 5.74) is -0.583. The van der Waals surface area contributed by atoms with Gasteiger partial charge in [-0.05, 0) is 69.5 Å². The van der Waals surface area contributed by atoms with Crippen LogP contribution in [-0.4, -0.2) is 65.7 Å². The first-order valence-electron chi connectivity index (χ1n) is 15.6. The highest BCUT2D eigenvalue weighted by Gasteiger charge is 2.72. The number of benzene rings is 2. The molecule has 1 saturated carbocycles. The summed E-state index contributed by atoms with van der Waals surface area (Å²) in [6.07, 6.45) is 8.99. The van der Waals surface area contributed by atoms with Crippen LogP contribution < -0.4 is 15.4 Å². The van der Waals surface area contributed by atoms with Gasteiger partial charge in [0.25, 0.3) is 0 Å². The van der Waals surface area contributed by atoms with E-state index < -0.39 is 29.6 Å². The molecule has 2 bridgehead atoms. The molecule has 0 aromatic heterocycles. The number of hydrogen-bond donors (Lipinski definition) is 2. The van der Waals surface area contributed by atoms with Gasteiger partial charge in [0.05, 0.1) is 24.0 Å². The first-order valence-corrected chi connectivity index (χ1v) is 15.6. The predicted molar refractivity (Wildman–Crippen MR) is 162 cm³/mol. The van der Waals surface area contributed by atoms with Crippen molar-refractivity contribution in [1.29, 1.82) is 0 Å². The van der Waals surface area contributed by atoms with Crippen molar-refractivity contribution in [2.24, 2.45) is 11.8 Å². The van der Waals surface area contributed by atoms with Gasteiger partial charge in [0.2, 0.25) is 17.7 Å². The van der Waals surface area contributed by atoms with Gasteiger partial charge in [-0.15, -0.1) is 0 Å². The summed E-state index contributed by atoms with van der Waals surface area (Å²) in [6.45, 7) is 4.76. The quantitative estimate of drug-likeness (QED) is 0.288. The molecule has 1 aliphatic carbocycles. The van der Waals surface area contributed by atoms with E-state index in [1.165, 1.54) is 6.42 Å². The highest BCUT2D eigenvalue weighted by atomic mass is 16.5. The van der Waals surface area contributed by atoms with Gasteiger partial charge in [-0.3, -0.25) is 14.4 Å². The minimum Gasteiger partial charge on any atom is -0.457 e. The van der Waals surface area contributed by atoms with E-state index in [9.17, 15) is 14.4 Å². The molecular formula is C34H41N3O6. The minimum absolute atomic E-state index is 0.0755. The molecule has 9 nitrogen and oxygen atoms in total. The molecule has 0 radical (unpaired) electrons. The molecule has 2 saturated heterocycles. The third-order valence-corrected chi connectivity index (χ3v) is 8.97. The Kier molecular flexibility index (Phi) is 8.54. The first-order chi connectivity index (χ1) is 20.9. The van der Waals surface area contributed by atoms with Crippen LogP contribution in [-0.2, 0) is 23.9 Å². The number of likely N-dealkylation sites (tertiary alicyclic amines) is 1. The van der Waals surface area contributed by atoms with Crippen LogP contribution in [0, 0.1) is 11.8 Å². The fourth-order valence-corrected chi connectivity index (χ4v) is 7.05. The van der Waals surface area contributed by atoms with Crippen LogP contribution in [0.15, 0.2) is 66.7 Å². The van der Waals surface area contributed by atoms with Gasteiger partial charge >= 0.3 is 0 Å². The van der Waals surface area contributed by atoms with E-state index in [1.807, 2.05) is 56.3 Å². The van der Waals surface area contributed by atoms with Crippen molar-refractivity contribution >= 4 is 23.4 Å². The number of hydrogen-bond acceptors (Lipinski definition) is 6. The van der Waals surface area contributed by atoms with Crippen molar-refractivity contribution in [2.45, 2.75) is 82.3 Å². The van der Waals surface area contributed by atoms with Crippen LogP contribution >= 0.6 is 0 Å². The lowest BCUT2D eigenvalue weighted by Crippen LogP contribution is -2.56. The Morgan fingerprint density at radius 1 is 1.00 bits per heavy atom. The molecule has 3 amide bonds. The smallest absolute Gasteiger partial charge is 0.246 e. The van der Waals surface area contributed by atoms with Crippen LogP contribution in [0.4, 0.5) is 5.69 Å². The number of rotatable bonds is 11. The Labute approximate surface area is 252 Å². The Morgan fingerprint density at radius 2 is 1.72 bits per heavy atom. The standard InChI is InChI=1S/C34H41N3O6/c1-22(2)41-21-9-20-37-30(32(39)36-23-10-5-3-6-11-23)34-19-18-27(43-34)28(29(34)33(37)40)31(38)35-24-14-16-26(17-15-24)42-25-12-7-4-8-13-25/h4,7-8,12-19,22-23,27-30H,3,5-6,9-11,20-21H2,1-2H3,(H,35,38)(H,36,39)/t27-,28+,29-,30-,34-/m0/s1. The molecule has 3 aliphatic heterocycles. The van der Waals surface area contributed by atoms with Gasteiger partial charge in [0.15, 0.2) is 0 Å². The molecule has 6 rings (SSSR count).